The molecule has 0 saturated heterocycles. The third-order valence-electron chi connectivity index (χ3n) is 2.55. The van der Waals surface area contributed by atoms with Crippen LogP contribution in [-0.2, 0) is 4.74 Å². The van der Waals surface area contributed by atoms with Crippen molar-refractivity contribution in [2.24, 2.45) is 17.7 Å². The molecule has 0 spiro atoms. The molecule has 0 aliphatic heterocycles. The lowest BCUT2D eigenvalue weighted by Crippen LogP contribution is -2.40. The second kappa shape index (κ2) is 4.80. The highest BCUT2D eigenvalue weighted by molar-refractivity contribution is 4.91. The first-order chi connectivity index (χ1) is 5.79. The average Bonchev–Trinajstić information content (AvgIpc) is 2.77. The molecule has 3 N–H and O–H groups in total. The molecule has 3 heteroatoms. The summed E-state index contributed by atoms with van der Waals surface area (Å²) in [5.41, 5.74) is 2.83. The highest BCUT2D eigenvalue weighted by Crippen LogP contribution is 2.40. The molecule has 0 bridgehead atoms. The average molecular weight is 172 g/mol. The normalized spacial score (nSPS) is 30.2. The van der Waals surface area contributed by atoms with Gasteiger partial charge in [0.2, 0.25) is 0 Å². The maximum absolute atomic E-state index is 5.44. The van der Waals surface area contributed by atoms with Gasteiger partial charge < -0.3 is 4.74 Å². The predicted molar refractivity (Wildman–Crippen MR) is 49.5 cm³/mol. The smallest absolute Gasteiger partial charge is 0.0635 e. The van der Waals surface area contributed by atoms with E-state index in [0.717, 1.165) is 31.5 Å². The molecule has 3 nitrogen and oxygen atoms in total. The van der Waals surface area contributed by atoms with Crippen molar-refractivity contribution in [2.75, 3.05) is 13.2 Å². The SMILES string of the molecule is CCCOCC(NN)C1CC1C. The summed E-state index contributed by atoms with van der Waals surface area (Å²) in [5.74, 6) is 7.00. The van der Waals surface area contributed by atoms with Gasteiger partial charge in [0.15, 0.2) is 0 Å². The molecule has 0 aromatic carbocycles. The van der Waals surface area contributed by atoms with Crippen molar-refractivity contribution in [3.8, 4) is 0 Å². The Labute approximate surface area is 74.6 Å². The Balaban J connectivity index is 2.09. The van der Waals surface area contributed by atoms with E-state index in [9.17, 15) is 0 Å². The lowest BCUT2D eigenvalue weighted by Gasteiger charge is -2.15. The first kappa shape index (κ1) is 9.96. The zero-order valence-electron chi connectivity index (χ0n) is 8.05. The lowest BCUT2D eigenvalue weighted by molar-refractivity contribution is 0.104. The molecule has 1 rings (SSSR count). The zero-order chi connectivity index (χ0) is 8.97. The van der Waals surface area contributed by atoms with E-state index in [1.165, 1.54) is 6.42 Å². The summed E-state index contributed by atoms with van der Waals surface area (Å²) >= 11 is 0. The van der Waals surface area contributed by atoms with Gasteiger partial charge in [-0.1, -0.05) is 13.8 Å². The van der Waals surface area contributed by atoms with Crippen LogP contribution in [0.25, 0.3) is 0 Å². The molecule has 1 fully saturated rings. The Bertz CT molecular complexity index is 130. The zero-order valence-corrected chi connectivity index (χ0v) is 8.05. The summed E-state index contributed by atoms with van der Waals surface area (Å²) < 4.78 is 5.44. The minimum Gasteiger partial charge on any atom is -0.380 e. The molecule has 0 amide bonds. The predicted octanol–water partition coefficient (Wildman–Crippen LogP) is 0.901. The lowest BCUT2D eigenvalue weighted by atomic mass is 10.2. The molecule has 1 aliphatic carbocycles. The third kappa shape index (κ3) is 2.73. The van der Waals surface area contributed by atoms with E-state index < -0.39 is 0 Å². The standard InChI is InChI=1S/C9H20N2O/c1-3-4-12-6-9(11-10)8-5-7(8)2/h7-9,11H,3-6,10H2,1-2H3. The Morgan fingerprint density at radius 1 is 1.67 bits per heavy atom. The number of hydrazine groups is 1. The van der Waals surface area contributed by atoms with Gasteiger partial charge in [0.1, 0.15) is 0 Å². The van der Waals surface area contributed by atoms with Crippen molar-refractivity contribution in [2.45, 2.75) is 32.7 Å². The molecule has 72 valence electrons. The Kier molecular flexibility index (Phi) is 3.98. The number of hydrogen-bond donors (Lipinski definition) is 2. The van der Waals surface area contributed by atoms with Crippen LogP contribution in [0.1, 0.15) is 26.7 Å². The van der Waals surface area contributed by atoms with Crippen LogP contribution in [0.15, 0.2) is 0 Å². The fraction of sp³-hybridized carbons (Fsp3) is 1.00. The van der Waals surface area contributed by atoms with Crippen molar-refractivity contribution >= 4 is 0 Å². The second-order valence-electron chi connectivity index (χ2n) is 3.72. The van der Waals surface area contributed by atoms with Crippen LogP contribution in [0.2, 0.25) is 0 Å². The highest BCUT2D eigenvalue weighted by Gasteiger charge is 2.38. The summed E-state index contributed by atoms with van der Waals surface area (Å²) in [5, 5.41) is 0. The van der Waals surface area contributed by atoms with Crippen LogP contribution < -0.4 is 11.3 Å². The molecule has 0 heterocycles. The van der Waals surface area contributed by atoms with Gasteiger partial charge in [-0.25, -0.2) is 0 Å². The van der Waals surface area contributed by atoms with Crippen molar-refractivity contribution in [1.82, 2.24) is 5.43 Å². The quantitative estimate of drug-likeness (QED) is 0.355. The van der Waals surface area contributed by atoms with Gasteiger partial charge in [-0.15, -0.1) is 0 Å². The molecular weight excluding hydrogens is 152 g/mol. The summed E-state index contributed by atoms with van der Waals surface area (Å²) in [6, 6.07) is 0.367. The maximum atomic E-state index is 5.44. The Hall–Kier alpha value is -0.120. The van der Waals surface area contributed by atoms with Crippen molar-refractivity contribution in [3.05, 3.63) is 0 Å². The molecule has 12 heavy (non-hydrogen) atoms. The van der Waals surface area contributed by atoms with Gasteiger partial charge in [0.05, 0.1) is 6.61 Å². The van der Waals surface area contributed by atoms with E-state index in [1.54, 1.807) is 0 Å². The number of nitrogens with one attached hydrogen (secondary N) is 1. The largest absolute Gasteiger partial charge is 0.380 e. The van der Waals surface area contributed by atoms with Gasteiger partial charge in [0, 0.05) is 12.6 Å². The third-order valence-corrected chi connectivity index (χ3v) is 2.55. The van der Waals surface area contributed by atoms with E-state index in [0.29, 0.717) is 6.04 Å². The van der Waals surface area contributed by atoms with E-state index in [2.05, 4.69) is 19.3 Å². The summed E-state index contributed by atoms with van der Waals surface area (Å²) in [7, 11) is 0. The maximum Gasteiger partial charge on any atom is 0.0635 e. The topological polar surface area (TPSA) is 47.3 Å². The number of ether oxygens (including phenoxy) is 1. The number of rotatable bonds is 6. The van der Waals surface area contributed by atoms with Crippen LogP contribution in [0.4, 0.5) is 0 Å². The molecule has 1 aliphatic rings. The molecule has 0 radical (unpaired) electrons. The molecule has 3 atom stereocenters. The molecule has 1 saturated carbocycles. The Morgan fingerprint density at radius 3 is 2.75 bits per heavy atom. The van der Waals surface area contributed by atoms with Crippen molar-refractivity contribution < 1.29 is 4.74 Å². The van der Waals surface area contributed by atoms with Gasteiger partial charge in [-0.3, -0.25) is 11.3 Å². The van der Waals surface area contributed by atoms with E-state index in [1.807, 2.05) is 0 Å². The fourth-order valence-corrected chi connectivity index (χ4v) is 1.56. The summed E-state index contributed by atoms with van der Waals surface area (Å²) in [6.07, 6.45) is 2.38. The number of hydrogen-bond acceptors (Lipinski definition) is 3. The van der Waals surface area contributed by atoms with Gasteiger partial charge in [-0.2, -0.15) is 0 Å². The summed E-state index contributed by atoms with van der Waals surface area (Å²) in [4.78, 5) is 0. The minimum absolute atomic E-state index is 0.367. The van der Waals surface area contributed by atoms with Crippen LogP contribution in [0.3, 0.4) is 0 Å². The fourth-order valence-electron chi connectivity index (χ4n) is 1.56. The first-order valence-electron chi connectivity index (χ1n) is 4.83. The van der Waals surface area contributed by atoms with Gasteiger partial charge in [0.25, 0.3) is 0 Å². The highest BCUT2D eigenvalue weighted by atomic mass is 16.5. The van der Waals surface area contributed by atoms with Crippen LogP contribution in [0.5, 0.6) is 0 Å². The van der Waals surface area contributed by atoms with E-state index in [4.69, 9.17) is 10.6 Å². The van der Waals surface area contributed by atoms with Gasteiger partial charge >= 0.3 is 0 Å². The van der Waals surface area contributed by atoms with Crippen LogP contribution >= 0.6 is 0 Å². The van der Waals surface area contributed by atoms with Crippen LogP contribution in [-0.4, -0.2) is 19.3 Å². The molecule has 0 aromatic heterocycles. The minimum atomic E-state index is 0.367. The second-order valence-corrected chi connectivity index (χ2v) is 3.72. The summed E-state index contributed by atoms with van der Waals surface area (Å²) in [6.45, 7) is 5.98. The Morgan fingerprint density at radius 2 is 2.33 bits per heavy atom. The van der Waals surface area contributed by atoms with E-state index in [-0.39, 0.29) is 0 Å². The first-order valence-corrected chi connectivity index (χ1v) is 4.83. The van der Waals surface area contributed by atoms with Crippen molar-refractivity contribution in [3.63, 3.8) is 0 Å². The molecule has 0 aromatic rings. The monoisotopic (exact) mass is 172 g/mol. The number of nitrogens with two attached hydrogens (primary N) is 1. The van der Waals surface area contributed by atoms with E-state index >= 15 is 0 Å². The molecular formula is C9H20N2O. The van der Waals surface area contributed by atoms with Gasteiger partial charge in [-0.05, 0) is 24.7 Å². The van der Waals surface area contributed by atoms with Crippen LogP contribution in [0, 0.1) is 11.8 Å². The van der Waals surface area contributed by atoms with Crippen molar-refractivity contribution in [1.29, 1.82) is 0 Å². The molecule has 3 unspecified atom stereocenters.